The predicted octanol–water partition coefficient (Wildman–Crippen LogP) is 1.38. The summed E-state index contributed by atoms with van der Waals surface area (Å²) in [5.41, 5.74) is -0.138. The van der Waals surface area contributed by atoms with E-state index in [1.807, 2.05) is 27.7 Å². The second-order valence-corrected chi connectivity index (χ2v) is 6.19. The van der Waals surface area contributed by atoms with Crippen LogP contribution in [-0.2, 0) is 9.59 Å². The number of amides is 1. The number of carbonyl (C=O) groups excluding carboxylic acids is 1. The lowest BCUT2D eigenvalue weighted by Crippen LogP contribution is -2.59. The van der Waals surface area contributed by atoms with Crippen LogP contribution >= 0.6 is 0 Å². The Bertz CT molecular complexity index is 342. The number of nitrogens with one attached hydrogen (secondary N) is 2. The van der Waals surface area contributed by atoms with Gasteiger partial charge in [0.2, 0.25) is 5.91 Å². The van der Waals surface area contributed by atoms with Crippen molar-refractivity contribution >= 4 is 11.9 Å². The number of carboxylic acids is 1. The van der Waals surface area contributed by atoms with Gasteiger partial charge in [0.25, 0.3) is 0 Å². The molecule has 3 atom stereocenters. The second-order valence-electron chi connectivity index (χ2n) is 6.19. The van der Waals surface area contributed by atoms with Crippen LogP contribution in [0.4, 0.5) is 0 Å². The van der Waals surface area contributed by atoms with Crippen LogP contribution in [0.3, 0.4) is 0 Å². The molecule has 19 heavy (non-hydrogen) atoms. The fourth-order valence-electron chi connectivity index (χ4n) is 2.58. The van der Waals surface area contributed by atoms with E-state index in [1.165, 1.54) is 0 Å². The van der Waals surface area contributed by atoms with Crippen molar-refractivity contribution in [3.63, 3.8) is 0 Å². The van der Waals surface area contributed by atoms with Crippen LogP contribution in [0.2, 0.25) is 0 Å². The molecule has 0 aromatic rings. The standard InChI is InChI=1S/C14H26N2O3/c1-5-9(2)10(13(18)19)16-12(17)11-14(3,4)7-6-8-15-11/h9-11,15H,5-8H2,1-4H3,(H,16,17)(H,18,19)/t9-,10-,11?/m0/s1. The van der Waals surface area contributed by atoms with E-state index in [4.69, 9.17) is 0 Å². The van der Waals surface area contributed by atoms with E-state index in [1.54, 1.807) is 0 Å². The molecule has 1 aliphatic heterocycles. The van der Waals surface area contributed by atoms with Crippen LogP contribution in [0, 0.1) is 11.3 Å². The number of hydrogen-bond acceptors (Lipinski definition) is 3. The van der Waals surface area contributed by atoms with Crippen molar-refractivity contribution in [3.8, 4) is 0 Å². The highest BCUT2D eigenvalue weighted by Gasteiger charge is 2.39. The van der Waals surface area contributed by atoms with Crippen molar-refractivity contribution in [3.05, 3.63) is 0 Å². The monoisotopic (exact) mass is 270 g/mol. The summed E-state index contributed by atoms with van der Waals surface area (Å²) in [7, 11) is 0. The molecule has 5 heteroatoms. The topological polar surface area (TPSA) is 78.4 Å². The number of carboxylic acid groups (broad SMARTS) is 1. The van der Waals surface area contributed by atoms with Crippen LogP contribution in [0.25, 0.3) is 0 Å². The van der Waals surface area contributed by atoms with Gasteiger partial charge >= 0.3 is 5.97 Å². The van der Waals surface area contributed by atoms with Crippen molar-refractivity contribution in [1.29, 1.82) is 0 Å². The maximum absolute atomic E-state index is 12.3. The van der Waals surface area contributed by atoms with Crippen molar-refractivity contribution in [2.75, 3.05) is 6.54 Å². The summed E-state index contributed by atoms with van der Waals surface area (Å²) in [5, 5.41) is 15.1. The first-order valence-electron chi connectivity index (χ1n) is 7.06. The molecule has 1 unspecified atom stereocenters. The Morgan fingerprint density at radius 3 is 2.58 bits per heavy atom. The summed E-state index contributed by atoms with van der Waals surface area (Å²) in [5.74, 6) is -1.23. The Balaban J connectivity index is 2.73. The third-order valence-corrected chi connectivity index (χ3v) is 4.17. The van der Waals surface area contributed by atoms with E-state index in [2.05, 4.69) is 10.6 Å². The van der Waals surface area contributed by atoms with E-state index < -0.39 is 12.0 Å². The second kappa shape index (κ2) is 6.37. The SMILES string of the molecule is CC[C@H](C)[C@H](NC(=O)C1NCCCC1(C)C)C(=O)O. The molecule has 1 saturated heterocycles. The molecule has 0 aromatic carbocycles. The van der Waals surface area contributed by atoms with E-state index in [-0.39, 0.29) is 23.3 Å². The molecule has 1 heterocycles. The van der Waals surface area contributed by atoms with Crippen molar-refractivity contribution < 1.29 is 14.7 Å². The summed E-state index contributed by atoms with van der Waals surface area (Å²) >= 11 is 0. The van der Waals surface area contributed by atoms with Gasteiger partial charge in [0.1, 0.15) is 6.04 Å². The number of rotatable bonds is 5. The van der Waals surface area contributed by atoms with Crippen LogP contribution in [0.15, 0.2) is 0 Å². The van der Waals surface area contributed by atoms with Gasteiger partial charge in [0.05, 0.1) is 6.04 Å². The summed E-state index contributed by atoms with van der Waals surface area (Å²) in [4.78, 5) is 23.6. The maximum Gasteiger partial charge on any atom is 0.326 e. The Kier molecular flexibility index (Phi) is 5.35. The maximum atomic E-state index is 12.3. The molecule has 0 aromatic heterocycles. The van der Waals surface area contributed by atoms with Gasteiger partial charge < -0.3 is 15.7 Å². The number of aliphatic carboxylic acids is 1. The molecule has 1 aliphatic rings. The molecule has 0 aliphatic carbocycles. The number of hydrogen-bond donors (Lipinski definition) is 3. The van der Waals surface area contributed by atoms with Gasteiger partial charge in [0.15, 0.2) is 0 Å². The molecule has 0 spiro atoms. The minimum absolute atomic E-state index is 0.0758. The first kappa shape index (κ1) is 16.0. The van der Waals surface area contributed by atoms with Crippen molar-refractivity contribution in [2.24, 2.45) is 11.3 Å². The first-order valence-corrected chi connectivity index (χ1v) is 7.06. The zero-order valence-electron chi connectivity index (χ0n) is 12.3. The highest BCUT2D eigenvalue weighted by atomic mass is 16.4. The molecular formula is C14H26N2O3. The predicted molar refractivity (Wildman–Crippen MR) is 73.8 cm³/mol. The zero-order valence-corrected chi connectivity index (χ0v) is 12.3. The van der Waals surface area contributed by atoms with Gasteiger partial charge in [-0.2, -0.15) is 0 Å². The Morgan fingerprint density at radius 1 is 1.47 bits per heavy atom. The Labute approximate surface area is 115 Å². The van der Waals surface area contributed by atoms with Crippen LogP contribution in [-0.4, -0.2) is 35.6 Å². The van der Waals surface area contributed by atoms with Crippen LogP contribution in [0.5, 0.6) is 0 Å². The van der Waals surface area contributed by atoms with Gasteiger partial charge in [-0.15, -0.1) is 0 Å². The molecule has 5 nitrogen and oxygen atoms in total. The van der Waals surface area contributed by atoms with Gasteiger partial charge in [-0.25, -0.2) is 4.79 Å². The third kappa shape index (κ3) is 3.93. The molecule has 110 valence electrons. The molecular weight excluding hydrogens is 244 g/mol. The van der Waals surface area contributed by atoms with Gasteiger partial charge in [-0.1, -0.05) is 34.1 Å². The van der Waals surface area contributed by atoms with Gasteiger partial charge in [0, 0.05) is 0 Å². The Morgan fingerprint density at radius 2 is 2.11 bits per heavy atom. The molecule has 0 bridgehead atoms. The highest BCUT2D eigenvalue weighted by Crippen LogP contribution is 2.30. The molecule has 0 saturated carbocycles. The fourth-order valence-corrected chi connectivity index (χ4v) is 2.58. The van der Waals surface area contributed by atoms with E-state index in [9.17, 15) is 14.7 Å². The molecule has 0 radical (unpaired) electrons. The zero-order chi connectivity index (χ0) is 14.6. The average Bonchev–Trinajstić information content (AvgIpc) is 2.33. The molecule has 1 amide bonds. The normalized spacial score (nSPS) is 25.4. The average molecular weight is 270 g/mol. The lowest BCUT2D eigenvalue weighted by molar-refractivity contribution is -0.144. The highest BCUT2D eigenvalue weighted by molar-refractivity contribution is 5.87. The van der Waals surface area contributed by atoms with Crippen molar-refractivity contribution in [2.45, 2.75) is 59.0 Å². The smallest absolute Gasteiger partial charge is 0.326 e. The number of piperidine rings is 1. The van der Waals surface area contributed by atoms with Gasteiger partial charge in [-0.05, 0) is 30.7 Å². The first-order chi connectivity index (χ1) is 8.79. The molecule has 1 rings (SSSR count). The lowest BCUT2D eigenvalue weighted by Gasteiger charge is -2.39. The fraction of sp³-hybridized carbons (Fsp3) is 0.857. The lowest BCUT2D eigenvalue weighted by atomic mass is 9.77. The quantitative estimate of drug-likeness (QED) is 0.705. The molecule has 3 N–H and O–H groups in total. The summed E-state index contributed by atoms with van der Waals surface area (Å²) in [6.45, 7) is 8.67. The number of carbonyl (C=O) groups is 2. The third-order valence-electron chi connectivity index (χ3n) is 4.17. The molecule has 1 fully saturated rings. The van der Waals surface area contributed by atoms with E-state index in [0.29, 0.717) is 0 Å². The van der Waals surface area contributed by atoms with Crippen LogP contribution in [0.1, 0.15) is 47.0 Å². The Hall–Kier alpha value is -1.10. The van der Waals surface area contributed by atoms with Gasteiger partial charge in [-0.3, -0.25) is 4.79 Å². The summed E-state index contributed by atoms with van der Waals surface area (Å²) < 4.78 is 0. The van der Waals surface area contributed by atoms with E-state index >= 15 is 0 Å². The minimum atomic E-state index is -0.962. The minimum Gasteiger partial charge on any atom is -0.480 e. The van der Waals surface area contributed by atoms with Crippen LogP contribution < -0.4 is 10.6 Å². The summed E-state index contributed by atoms with van der Waals surface area (Å²) in [6.07, 6.45) is 2.74. The summed E-state index contributed by atoms with van der Waals surface area (Å²) in [6, 6.07) is -1.12. The largest absolute Gasteiger partial charge is 0.480 e. The van der Waals surface area contributed by atoms with Crippen molar-refractivity contribution in [1.82, 2.24) is 10.6 Å². The van der Waals surface area contributed by atoms with E-state index in [0.717, 1.165) is 25.8 Å².